The zero-order chi connectivity index (χ0) is 22.9. The fourth-order valence-corrected chi connectivity index (χ4v) is 2.78. The van der Waals surface area contributed by atoms with Gasteiger partial charge in [-0.1, -0.05) is 25.1 Å². The lowest BCUT2D eigenvalue weighted by molar-refractivity contribution is -0.128. The number of hydrogen-bond donors (Lipinski definition) is 1. The summed E-state index contributed by atoms with van der Waals surface area (Å²) in [7, 11) is 0. The van der Waals surface area contributed by atoms with E-state index in [-0.39, 0.29) is 23.4 Å². The van der Waals surface area contributed by atoms with Crippen LogP contribution in [0.25, 0.3) is 17.0 Å². The molecule has 0 radical (unpaired) electrons. The number of amides is 1. The van der Waals surface area contributed by atoms with Gasteiger partial charge in [-0.25, -0.2) is 9.59 Å². The molecular weight excluding hydrogens is 410 g/mol. The average molecular weight is 433 g/mol. The van der Waals surface area contributed by atoms with Gasteiger partial charge in [0.1, 0.15) is 22.6 Å². The summed E-state index contributed by atoms with van der Waals surface area (Å²) in [6, 6.07) is 13.3. The third kappa shape index (κ3) is 5.95. The molecule has 7 nitrogen and oxygen atoms in total. The van der Waals surface area contributed by atoms with E-state index in [0.717, 1.165) is 17.7 Å². The molecule has 0 spiro atoms. The molecule has 0 atom stereocenters. The van der Waals surface area contributed by atoms with Crippen molar-refractivity contribution in [2.45, 2.75) is 13.3 Å². The molecule has 1 N–H and O–H groups in total. The van der Waals surface area contributed by atoms with Crippen molar-refractivity contribution >= 4 is 28.9 Å². The maximum Gasteiger partial charge on any atom is 0.349 e. The summed E-state index contributed by atoms with van der Waals surface area (Å²) in [6.07, 6.45) is 5.36. The summed E-state index contributed by atoms with van der Waals surface area (Å²) in [5.74, 6) is -0.155. The first kappa shape index (κ1) is 22.6. The predicted octanol–water partition coefficient (Wildman–Crippen LogP) is 4.12. The lowest BCUT2D eigenvalue weighted by Gasteiger charge is -2.05. The molecule has 0 saturated heterocycles. The van der Waals surface area contributed by atoms with Gasteiger partial charge in [0.15, 0.2) is 0 Å². The Hall–Kier alpha value is -4.13. The van der Waals surface area contributed by atoms with Crippen molar-refractivity contribution in [2.24, 2.45) is 0 Å². The van der Waals surface area contributed by atoms with Gasteiger partial charge >= 0.3 is 11.6 Å². The maximum absolute atomic E-state index is 12.2. The van der Waals surface area contributed by atoms with E-state index < -0.39 is 17.5 Å². The molecule has 32 heavy (non-hydrogen) atoms. The summed E-state index contributed by atoms with van der Waals surface area (Å²) in [4.78, 5) is 36.3. The zero-order valence-corrected chi connectivity index (χ0v) is 17.6. The van der Waals surface area contributed by atoms with Crippen LogP contribution in [0.15, 0.2) is 76.5 Å². The number of esters is 1. The quantitative estimate of drug-likeness (QED) is 0.179. The maximum atomic E-state index is 12.2. The molecule has 0 bridgehead atoms. The van der Waals surface area contributed by atoms with Crippen molar-refractivity contribution in [1.29, 1.82) is 0 Å². The van der Waals surface area contributed by atoms with Crippen molar-refractivity contribution in [2.75, 3.05) is 13.2 Å². The van der Waals surface area contributed by atoms with Crippen LogP contribution in [-0.2, 0) is 4.79 Å². The van der Waals surface area contributed by atoms with E-state index in [1.807, 2.05) is 31.2 Å². The van der Waals surface area contributed by atoms with Crippen molar-refractivity contribution in [3.05, 3.63) is 88.8 Å². The molecule has 0 aliphatic heterocycles. The molecule has 0 unspecified atom stereocenters. The predicted molar refractivity (Wildman–Crippen MR) is 122 cm³/mol. The molecule has 0 fully saturated rings. The Balaban J connectivity index is 1.68. The van der Waals surface area contributed by atoms with E-state index in [9.17, 15) is 14.4 Å². The lowest BCUT2D eigenvalue weighted by atomic mass is 10.1. The first-order valence-corrected chi connectivity index (χ1v) is 10.1. The molecule has 1 aromatic heterocycles. The number of rotatable bonds is 9. The van der Waals surface area contributed by atoms with E-state index >= 15 is 0 Å². The van der Waals surface area contributed by atoms with Gasteiger partial charge in [-0.15, -0.1) is 6.58 Å². The summed E-state index contributed by atoms with van der Waals surface area (Å²) in [5.41, 5.74) is 0.122. The Morgan fingerprint density at radius 2 is 1.84 bits per heavy atom. The monoisotopic (exact) mass is 433 g/mol. The highest BCUT2D eigenvalue weighted by Crippen LogP contribution is 2.21. The number of hydrogen-bond acceptors (Lipinski definition) is 6. The molecule has 0 aliphatic rings. The second-order valence-corrected chi connectivity index (χ2v) is 6.82. The standard InChI is InChI=1S/C25H23NO6/c1-3-13-26-24(28)21-15-18-8-11-20(16-22(18)32-25(21)29)31-23(27)12-7-17-5-9-19(10-6-17)30-14-4-2/h3,5-12,15-16H,1,4,13-14H2,2H3,(H,26,28)/b12-7+. The summed E-state index contributed by atoms with van der Waals surface area (Å²) in [5, 5.41) is 3.05. The van der Waals surface area contributed by atoms with Gasteiger partial charge in [-0.2, -0.15) is 0 Å². The summed E-state index contributed by atoms with van der Waals surface area (Å²) < 4.78 is 16.0. The van der Waals surface area contributed by atoms with Gasteiger partial charge in [0.25, 0.3) is 5.91 Å². The summed E-state index contributed by atoms with van der Waals surface area (Å²) in [6.45, 7) is 6.42. The third-order valence-electron chi connectivity index (χ3n) is 4.34. The van der Waals surface area contributed by atoms with Crippen molar-refractivity contribution < 1.29 is 23.5 Å². The molecule has 3 rings (SSSR count). The Bertz CT molecular complexity index is 1210. The highest BCUT2D eigenvalue weighted by Gasteiger charge is 2.13. The number of fused-ring (bicyclic) bond motifs is 1. The lowest BCUT2D eigenvalue weighted by Crippen LogP contribution is -2.28. The molecule has 1 heterocycles. The van der Waals surface area contributed by atoms with Gasteiger partial charge in [0.2, 0.25) is 0 Å². The fourth-order valence-electron chi connectivity index (χ4n) is 2.78. The minimum atomic E-state index is -0.784. The van der Waals surface area contributed by atoms with Crippen LogP contribution in [0, 0.1) is 0 Å². The number of benzene rings is 2. The second-order valence-electron chi connectivity index (χ2n) is 6.82. The van der Waals surface area contributed by atoms with E-state index in [1.165, 1.54) is 24.3 Å². The van der Waals surface area contributed by atoms with Crippen molar-refractivity contribution in [3.8, 4) is 11.5 Å². The minimum absolute atomic E-state index is 0.113. The van der Waals surface area contributed by atoms with E-state index in [2.05, 4.69) is 11.9 Å². The molecule has 0 aliphatic carbocycles. The van der Waals surface area contributed by atoms with Crippen LogP contribution in [0.4, 0.5) is 0 Å². The van der Waals surface area contributed by atoms with Crippen LogP contribution in [0.2, 0.25) is 0 Å². The smallest absolute Gasteiger partial charge is 0.349 e. The minimum Gasteiger partial charge on any atom is -0.494 e. The molecule has 7 heteroatoms. The van der Waals surface area contributed by atoms with E-state index in [4.69, 9.17) is 13.9 Å². The third-order valence-corrected chi connectivity index (χ3v) is 4.34. The summed E-state index contributed by atoms with van der Waals surface area (Å²) >= 11 is 0. The molecule has 3 aromatic rings. The SMILES string of the molecule is C=CCNC(=O)c1cc2ccc(OC(=O)/C=C/c3ccc(OCCC)cc3)cc2oc1=O. The van der Waals surface area contributed by atoms with Gasteiger partial charge in [0, 0.05) is 24.1 Å². The second kappa shape index (κ2) is 10.8. The van der Waals surface area contributed by atoms with Crippen LogP contribution in [-0.4, -0.2) is 25.0 Å². The van der Waals surface area contributed by atoms with Gasteiger partial charge in [-0.3, -0.25) is 4.79 Å². The number of nitrogens with one attached hydrogen (secondary N) is 1. The molecular formula is C25H23NO6. The van der Waals surface area contributed by atoms with Crippen molar-refractivity contribution in [3.63, 3.8) is 0 Å². The highest BCUT2D eigenvalue weighted by atomic mass is 16.5. The number of carbonyl (C=O) groups is 2. The van der Waals surface area contributed by atoms with Gasteiger partial charge in [0.05, 0.1) is 6.61 Å². The van der Waals surface area contributed by atoms with Crippen LogP contribution in [0.1, 0.15) is 29.3 Å². The first-order valence-electron chi connectivity index (χ1n) is 10.1. The first-order chi connectivity index (χ1) is 15.5. The fraction of sp³-hybridized carbons (Fsp3) is 0.160. The Kier molecular flexibility index (Phi) is 7.59. The Morgan fingerprint density at radius 1 is 1.09 bits per heavy atom. The van der Waals surface area contributed by atoms with Gasteiger partial charge < -0.3 is 19.2 Å². The van der Waals surface area contributed by atoms with Crippen LogP contribution in [0.5, 0.6) is 11.5 Å². The van der Waals surface area contributed by atoms with Crippen LogP contribution in [0.3, 0.4) is 0 Å². The van der Waals surface area contributed by atoms with E-state index in [1.54, 1.807) is 18.2 Å². The molecule has 2 aromatic carbocycles. The average Bonchev–Trinajstić information content (AvgIpc) is 2.80. The molecule has 1 amide bonds. The zero-order valence-electron chi connectivity index (χ0n) is 17.6. The topological polar surface area (TPSA) is 94.8 Å². The molecule has 0 saturated carbocycles. The number of ether oxygens (including phenoxy) is 2. The normalized spacial score (nSPS) is 10.8. The van der Waals surface area contributed by atoms with Crippen molar-refractivity contribution in [1.82, 2.24) is 5.32 Å². The Morgan fingerprint density at radius 3 is 2.56 bits per heavy atom. The number of carbonyl (C=O) groups excluding carboxylic acids is 2. The van der Waals surface area contributed by atoms with Crippen LogP contribution >= 0.6 is 0 Å². The van der Waals surface area contributed by atoms with E-state index in [0.29, 0.717) is 12.0 Å². The largest absolute Gasteiger partial charge is 0.494 e. The van der Waals surface area contributed by atoms with Gasteiger partial charge in [-0.05, 0) is 48.4 Å². The van der Waals surface area contributed by atoms with Crippen LogP contribution < -0.4 is 20.4 Å². The highest BCUT2D eigenvalue weighted by molar-refractivity contribution is 5.97. The molecule has 164 valence electrons. The Labute approximate surface area is 185 Å².